The van der Waals surface area contributed by atoms with E-state index in [2.05, 4.69) is 29.2 Å². The van der Waals surface area contributed by atoms with Gasteiger partial charge in [-0.2, -0.15) is 5.10 Å². The first kappa shape index (κ1) is 10.7. The normalized spacial score (nSPS) is 10.8. The molecule has 4 heteroatoms. The van der Waals surface area contributed by atoms with Crippen LogP contribution in [0.4, 0.5) is 5.69 Å². The van der Waals surface area contributed by atoms with E-state index >= 15 is 0 Å². The summed E-state index contributed by atoms with van der Waals surface area (Å²) < 4.78 is 1.79. The van der Waals surface area contributed by atoms with E-state index in [0.717, 1.165) is 17.2 Å². The highest BCUT2D eigenvalue weighted by Gasteiger charge is 2.07. The van der Waals surface area contributed by atoms with Crippen LogP contribution in [0.15, 0.2) is 30.6 Å². The highest BCUT2D eigenvalue weighted by Crippen LogP contribution is 2.17. The van der Waals surface area contributed by atoms with E-state index < -0.39 is 0 Å². The lowest BCUT2D eigenvalue weighted by molar-refractivity contribution is 0.822. The van der Waals surface area contributed by atoms with Gasteiger partial charge in [-0.25, -0.2) is 9.67 Å². The topological polar surface area (TPSA) is 42.7 Å². The van der Waals surface area contributed by atoms with E-state index in [0.29, 0.717) is 6.04 Å². The maximum Gasteiger partial charge on any atom is 0.176 e. The molecule has 2 heterocycles. The van der Waals surface area contributed by atoms with Gasteiger partial charge < -0.3 is 5.32 Å². The van der Waals surface area contributed by atoms with Crippen LogP contribution in [-0.2, 0) is 0 Å². The molecule has 0 bridgehead atoms. The van der Waals surface area contributed by atoms with Crippen LogP contribution in [0.5, 0.6) is 0 Å². The van der Waals surface area contributed by atoms with Crippen LogP contribution in [0.2, 0.25) is 0 Å². The third-order valence-electron chi connectivity index (χ3n) is 2.17. The highest BCUT2D eigenvalue weighted by atomic mass is 15.3. The second kappa shape index (κ2) is 4.35. The molecule has 0 aromatic carbocycles. The zero-order chi connectivity index (χ0) is 11.5. The van der Waals surface area contributed by atoms with Crippen molar-refractivity contribution in [3.63, 3.8) is 0 Å². The van der Waals surface area contributed by atoms with Crippen molar-refractivity contribution < 1.29 is 0 Å². The number of hydrogen-bond acceptors (Lipinski definition) is 3. The third-order valence-corrected chi connectivity index (χ3v) is 2.17. The fourth-order valence-corrected chi connectivity index (χ4v) is 1.54. The van der Waals surface area contributed by atoms with Crippen LogP contribution in [0.1, 0.15) is 19.5 Å². The van der Waals surface area contributed by atoms with Crippen LogP contribution in [0.3, 0.4) is 0 Å². The van der Waals surface area contributed by atoms with Gasteiger partial charge in [0.15, 0.2) is 5.82 Å². The van der Waals surface area contributed by atoms with Crippen molar-refractivity contribution in [2.45, 2.75) is 26.8 Å². The van der Waals surface area contributed by atoms with E-state index in [-0.39, 0.29) is 0 Å². The maximum absolute atomic E-state index is 4.36. The number of hydrogen-bond donors (Lipinski definition) is 1. The Bertz CT molecular complexity index is 473. The predicted molar refractivity (Wildman–Crippen MR) is 64.9 cm³/mol. The summed E-state index contributed by atoms with van der Waals surface area (Å²) in [6.07, 6.45) is 3.70. The van der Waals surface area contributed by atoms with E-state index in [1.807, 2.05) is 31.3 Å². The standard InChI is InChI=1S/C12H16N4/c1-9(2)14-11-5-4-7-13-12(11)16-8-6-10(3)15-16/h4-9,14H,1-3H3. The SMILES string of the molecule is Cc1ccn(-c2ncccc2NC(C)C)n1. The van der Waals surface area contributed by atoms with Crippen molar-refractivity contribution in [2.24, 2.45) is 0 Å². The summed E-state index contributed by atoms with van der Waals surface area (Å²) in [6, 6.07) is 6.28. The molecule has 0 aliphatic carbocycles. The van der Waals surface area contributed by atoms with Crippen LogP contribution in [0, 0.1) is 6.92 Å². The number of pyridine rings is 1. The van der Waals surface area contributed by atoms with E-state index in [1.54, 1.807) is 10.9 Å². The molecule has 0 fully saturated rings. The van der Waals surface area contributed by atoms with Crippen LogP contribution < -0.4 is 5.32 Å². The summed E-state index contributed by atoms with van der Waals surface area (Å²) in [7, 11) is 0. The predicted octanol–water partition coefficient (Wildman–Crippen LogP) is 2.40. The largest absolute Gasteiger partial charge is 0.380 e. The summed E-state index contributed by atoms with van der Waals surface area (Å²) >= 11 is 0. The fourth-order valence-electron chi connectivity index (χ4n) is 1.54. The average molecular weight is 216 g/mol. The van der Waals surface area contributed by atoms with E-state index in [1.165, 1.54) is 0 Å². The molecule has 0 radical (unpaired) electrons. The lowest BCUT2D eigenvalue weighted by Gasteiger charge is -2.13. The third kappa shape index (κ3) is 2.21. The fraction of sp³-hybridized carbons (Fsp3) is 0.333. The number of anilines is 1. The molecule has 4 nitrogen and oxygen atoms in total. The number of aromatic nitrogens is 3. The Morgan fingerprint density at radius 1 is 1.31 bits per heavy atom. The molecule has 0 aliphatic heterocycles. The van der Waals surface area contributed by atoms with Gasteiger partial charge in [0, 0.05) is 18.4 Å². The molecule has 2 rings (SSSR count). The smallest absolute Gasteiger partial charge is 0.176 e. The Morgan fingerprint density at radius 2 is 2.12 bits per heavy atom. The van der Waals surface area contributed by atoms with Gasteiger partial charge in [0.25, 0.3) is 0 Å². The van der Waals surface area contributed by atoms with Crippen molar-refractivity contribution in [2.75, 3.05) is 5.32 Å². The molecule has 2 aromatic heterocycles. The van der Waals surface area contributed by atoms with Gasteiger partial charge in [0.2, 0.25) is 0 Å². The van der Waals surface area contributed by atoms with Gasteiger partial charge in [-0.05, 0) is 39.0 Å². The monoisotopic (exact) mass is 216 g/mol. The summed E-state index contributed by atoms with van der Waals surface area (Å²) in [4.78, 5) is 4.35. The first-order valence-corrected chi connectivity index (χ1v) is 5.41. The Labute approximate surface area is 95.3 Å². The molecule has 1 N–H and O–H groups in total. The minimum absolute atomic E-state index is 0.375. The minimum atomic E-state index is 0.375. The van der Waals surface area contributed by atoms with Gasteiger partial charge in [-0.1, -0.05) is 0 Å². The summed E-state index contributed by atoms with van der Waals surface area (Å²) in [5.74, 6) is 0.837. The molecular formula is C12H16N4. The molecule has 16 heavy (non-hydrogen) atoms. The zero-order valence-corrected chi connectivity index (χ0v) is 9.81. The average Bonchev–Trinajstić information content (AvgIpc) is 2.65. The van der Waals surface area contributed by atoms with Crippen LogP contribution >= 0.6 is 0 Å². The van der Waals surface area contributed by atoms with Crippen LogP contribution in [0.25, 0.3) is 5.82 Å². The van der Waals surface area contributed by atoms with Crippen LogP contribution in [-0.4, -0.2) is 20.8 Å². The number of nitrogens with zero attached hydrogens (tertiary/aromatic N) is 3. The minimum Gasteiger partial charge on any atom is -0.380 e. The highest BCUT2D eigenvalue weighted by molar-refractivity contribution is 5.56. The van der Waals surface area contributed by atoms with Crippen molar-refractivity contribution in [1.29, 1.82) is 0 Å². The maximum atomic E-state index is 4.36. The molecule has 0 atom stereocenters. The van der Waals surface area contributed by atoms with Crippen molar-refractivity contribution in [3.05, 3.63) is 36.3 Å². The Morgan fingerprint density at radius 3 is 2.75 bits per heavy atom. The van der Waals surface area contributed by atoms with Gasteiger partial charge in [0.1, 0.15) is 0 Å². The second-order valence-electron chi connectivity index (χ2n) is 4.08. The molecule has 0 unspecified atom stereocenters. The Hall–Kier alpha value is -1.84. The first-order valence-electron chi connectivity index (χ1n) is 5.41. The van der Waals surface area contributed by atoms with Crippen molar-refractivity contribution in [3.8, 4) is 5.82 Å². The van der Waals surface area contributed by atoms with Crippen molar-refractivity contribution >= 4 is 5.69 Å². The van der Waals surface area contributed by atoms with E-state index in [4.69, 9.17) is 0 Å². The van der Waals surface area contributed by atoms with Gasteiger partial charge in [-0.3, -0.25) is 0 Å². The zero-order valence-electron chi connectivity index (χ0n) is 9.81. The summed E-state index contributed by atoms with van der Waals surface area (Å²) in [5, 5.41) is 7.72. The Balaban J connectivity index is 2.40. The van der Waals surface area contributed by atoms with E-state index in [9.17, 15) is 0 Å². The molecule has 0 amide bonds. The number of nitrogens with one attached hydrogen (secondary N) is 1. The second-order valence-corrected chi connectivity index (χ2v) is 4.08. The molecule has 2 aromatic rings. The molecular weight excluding hydrogens is 200 g/mol. The molecule has 0 saturated carbocycles. The molecule has 0 spiro atoms. The number of rotatable bonds is 3. The lowest BCUT2D eigenvalue weighted by Crippen LogP contribution is -2.13. The van der Waals surface area contributed by atoms with Crippen molar-refractivity contribution in [1.82, 2.24) is 14.8 Å². The first-order chi connectivity index (χ1) is 7.66. The Kier molecular flexibility index (Phi) is 2.90. The van der Waals surface area contributed by atoms with Gasteiger partial charge >= 0.3 is 0 Å². The quantitative estimate of drug-likeness (QED) is 0.856. The molecule has 0 saturated heterocycles. The summed E-state index contributed by atoms with van der Waals surface area (Å²) in [6.45, 7) is 6.17. The van der Waals surface area contributed by atoms with Gasteiger partial charge in [-0.15, -0.1) is 0 Å². The number of aryl methyl sites for hydroxylation is 1. The lowest BCUT2D eigenvalue weighted by atomic mass is 10.3. The molecule has 84 valence electrons. The summed E-state index contributed by atoms with van der Waals surface area (Å²) in [5.41, 5.74) is 1.99. The van der Waals surface area contributed by atoms with Gasteiger partial charge in [0.05, 0.1) is 11.4 Å². The molecule has 0 aliphatic rings.